The molecule has 4 nitrogen and oxygen atoms in total. The van der Waals surface area contributed by atoms with Crippen molar-refractivity contribution in [3.8, 4) is 5.75 Å². The highest BCUT2D eigenvalue weighted by molar-refractivity contribution is 7.39. The summed E-state index contributed by atoms with van der Waals surface area (Å²) in [4.78, 5) is 13.8. The fraction of sp³-hybridized carbons (Fsp3) is 0.500. The summed E-state index contributed by atoms with van der Waals surface area (Å²) < 4.78 is 19.4. The van der Waals surface area contributed by atoms with Gasteiger partial charge in [-0.3, -0.25) is 0 Å². The summed E-state index contributed by atoms with van der Waals surface area (Å²) in [6.07, 6.45) is 3.21. The zero-order chi connectivity index (χ0) is 15.5. The average molecular weight is 330 g/mol. The Hall–Kier alpha value is -0.920. The van der Waals surface area contributed by atoms with Crippen molar-refractivity contribution in [2.24, 2.45) is 0 Å². The number of likely N-dealkylation sites (tertiary alicyclic amines) is 1. The average Bonchev–Trinajstić information content (AvgIpc) is 2.41. The molecule has 116 valence electrons. The summed E-state index contributed by atoms with van der Waals surface area (Å²) in [6, 6.07) is 4.26. The van der Waals surface area contributed by atoms with Crippen LogP contribution in [0.5, 0.6) is 5.75 Å². The Morgan fingerprint density at radius 2 is 2.00 bits per heavy atom. The van der Waals surface area contributed by atoms with Gasteiger partial charge < -0.3 is 15.0 Å². The van der Waals surface area contributed by atoms with Crippen LogP contribution in [-0.2, 0) is 0 Å². The highest BCUT2D eigenvalue weighted by Gasteiger charge is 2.18. The van der Waals surface area contributed by atoms with Crippen LogP contribution in [0.15, 0.2) is 18.2 Å². The first-order valence-electron chi connectivity index (χ1n) is 6.97. The number of nitrogens with one attached hydrogen (secondary N) is 1. The van der Waals surface area contributed by atoms with Gasteiger partial charge in [0.2, 0.25) is 0 Å². The van der Waals surface area contributed by atoms with Gasteiger partial charge in [-0.15, -0.1) is 0 Å². The minimum absolute atomic E-state index is 0.151. The van der Waals surface area contributed by atoms with Crippen LogP contribution in [0.2, 0.25) is 0 Å². The van der Waals surface area contributed by atoms with Gasteiger partial charge in [-0.25, -0.2) is 9.18 Å². The van der Waals surface area contributed by atoms with Gasteiger partial charge in [-0.1, -0.05) is 18.5 Å². The van der Waals surface area contributed by atoms with E-state index in [0.29, 0.717) is 5.69 Å². The Morgan fingerprint density at radius 3 is 2.57 bits per heavy atom. The first-order valence-corrected chi connectivity index (χ1v) is 8.13. The van der Waals surface area contributed by atoms with Crippen LogP contribution in [0.25, 0.3) is 0 Å². The van der Waals surface area contributed by atoms with Crippen LogP contribution in [-0.4, -0.2) is 29.1 Å². The molecule has 0 aliphatic carbocycles. The molecule has 0 saturated carbocycles. The van der Waals surface area contributed by atoms with Crippen molar-refractivity contribution in [3.63, 3.8) is 0 Å². The molecule has 1 aromatic rings. The van der Waals surface area contributed by atoms with Gasteiger partial charge in [0, 0.05) is 24.8 Å². The summed E-state index contributed by atoms with van der Waals surface area (Å²) in [6.45, 7) is 3.30. The van der Waals surface area contributed by atoms with E-state index in [0.717, 1.165) is 32.4 Å². The van der Waals surface area contributed by atoms with Crippen LogP contribution in [0, 0.1) is 5.82 Å². The molecule has 2 atom stereocenters. The Labute approximate surface area is 129 Å². The molecule has 2 rings (SSSR count). The van der Waals surface area contributed by atoms with Crippen LogP contribution in [0.1, 0.15) is 26.2 Å². The summed E-state index contributed by atoms with van der Waals surface area (Å²) in [5, 5.41) is 2.10. The minimum Gasteiger partial charge on any atom is -0.477 e. The molecule has 1 heterocycles. The molecule has 2 amide bonds. The number of halogens is 1. The number of hydrogen-bond acceptors (Lipinski definition) is 2. The number of urea groups is 1. The molecule has 0 spiro atoms. The number of carbonyl (C=O) groups excluding carboxylic acids is 1. The molecule has 0 aromatic heterocycles. The van der Waals surface area contributed by atoms with Crippen molar-refractivity contribution in [1.29, 1.82) is 0 Å². The smallest absolute Gasteiger partial charge is 0.321 e. The normalized spacial score (nSPS) is 15.7. The number of nitrogens with zero attached hydrogens (tertiary/aromatic N) is 1. The number of rotatable bonds is 3. The molecule has 1 saturated heterocycles. The van der Waals surface area contributed by atoms with Crippen LogP contribution >= 0.6 is 18.5 Å². The standard InChI is InChI=1S/C14H21FN2O2P2/c1-14(20,21)19-12-6-5-10(9-11(12)15)16-13(18)17-7-3-2-4-8-17/h5-6,9H,2-4,7-8,20-21H2,1H3,(H,16,18). The van der Waals surface area contributed by atoms with E-state index in [1.165, 1.54) is 12.1 Å². The zero-order valence-corrected chi connectivity index (χ0v) is 14.4. The van der Waals surface area contributed by atoms with Crippen molar-refractivity contribution in [2.75, 3.05) is 18.4 Å². The monoisotopic (exact) mass is 330 g/mol. The van der Waals surface area contributed by atoms with E-state index < -0.39 is 10.9 Å². The number of ether oxygens (including phenoxy) is 1. The Kier molecular flexibility index (Phi) is 5.40. The van der Waals surface area contributed by atoms with Crippen molar-refractivity contribution in [1.82, 2.24) is 4.90 Å². The van der Waals surface area contributed by atoms with Gasteiger partial charge in [0.15, 0.2) is 11.6 Å². The molecule has 21 heavy (non-hydrogen) atoms. The van der Waals surface area contributed by atoms with Gasteiger partial charge in [0.05, 0.1) is 0 Å². The summed E-state index contributed by atoms with van der Waals surface area (Å²) in [5.41, 5.74) is 0.435. The van der Waals surface area contributed by atoms with Crippen molar-refractivity contribution in [3.05, 3.63) is 24.0 Å². The molecule has 1 aliphatic rings. The number of carbonyl (C=O) groups is 1. The van der Waals surface area contributed by atoms with Crippen LogP contribution in [0.4, 0.5) is 14.9 Å². The Bertz CT molecular complexity index is 514. The van der Waals surface area contributed by atoms with Crippen molar-refractivity contribution < 1.29 is 13.9 Å². The first-order chi connectivity index (χ1) is 9.85. The number of benzene rings is 1. The molecule has 0 bridgehead atoms. The SMILES string of the molecule is CC(P)(P)Oc1ccc(NC(=O)N2CCCCC2)cc1F. The van der Waals surface area contributed by atoms with Gasteiger partial charge >= 0.3 is 6.03 Å². The van der Waals surface area contributed by atoms with E-state index in [9.17, 15) is 9.18 Å². The van der Waals surface area contributed by atoms with Gasteiger partial charge in [0.25, 0.3) is 0 Å². The van der Waals surface area contributed by atoms with Crippen molar-refractivity contribution >= 4 is 30.2 Å². The lowest BCUT2D eigenvalue weighted by Crippen LogP contribution is -2.38. The number of piperidine rings is 1. The molecule has 1 aromatic carbocycles. The molecule has 1 N–H and O–H groups in total. The second-order valence-corrected chi connectivity index (χ2v) is 8.37. The number of anilines is 1. The fourth-order valence-corrected chi connectivity index (χ4v) is 2.45. The lowest BCUT2D eigenvalue weighted by atomic mass is 10.1. The molecule has 0 radical (unpaired) electrons. The predicted octanol–water partition coefficient (Wildman–Crippen LogP) is 3.65. The van der Waals surface area contributed by atoms with Gasteiger partial charge in [-0.2, -0.15) is 0 Å². The maximum absolute atomic E-state index is 14.0. The molecule has 2 unspecified atom stereocenters. The lowest BCUT2D eigenvalue weighted by Gasteiger charge is -2.27. The summed E-state index contributed by atoms with van der Waals surface area (Å²) in [7, 11) is 4.92. The molecule has 1 aliphatic heterocycles. The quantitative estimate of drug-likeness (QED) is 0.860. The van der Waals surface area contributed by atoms with E-state index in [1.54, 1.807) is 17.9 Å². The summed E-state index contributed by atoms with van der Waals surface area (Å²) in [5.74, 6) is -0.346. The molecular weight excluding hydrogens is 309 g/mol. The maximum atomic E-state index is 14.0. The van der Waals surface area contributed by atoms with Gasteiger partial charge in [-0.05, 0) is 38.3 Å². The molecule has 1 fully saturated rings. The van der Waals surface area contributed by atoms with E-state index in [4.69, 9.17) is 4.74 Å². The summed E-state index contributed by atoms with van der Waals surface area (Å²) >= 11 is 0. The third kappa shape index (κ3) is 5.09. The first kappa shape index (κ1) is 16.5. The van der Waals surface area contributed by atoms with Crippen molar-refractivity contribution in [2.45, 2.75) is 31.3 Å². The van der Waals surface area contributed by atoms with E-state index in [1.807, 2.05) is 0 Å². The Morgan fingerprint density at radius 1 is 1.33 bits per heavy atom. The van der Waals surface area contributed by atoms with Gasteiger partial charge in [0.1, 0.15) is 5.08 Å². The van der Waals surface area contributed by atoms with E-state index in [-0.39, 0.29) is 11.8 Å². The van der Waals surface area contributed by atoms with E-state index >= 15 is 0 Å². The second kappa shape index (κ2) is 6.89. The molecule has 7 heteroatoms. The highest BCUT2D eigenvalue weighted by atomic mass is 31.1. The van der Waals surface area contributed by atoms with E-state index in [2.05, 4.69) is 23.8 Å². The third-order valence-corrected chi connectivity index (χ3v) is 3.39. The number of hydrogen-bond donors (Lipinski definition) is 1. The largest absolute Gasteiger partial charge is 0.477 e. The number of amides is 2. The topological polar surface area (TPSA) is 41.6 Å². The lowest BCUT2D eigenvalue weighted by molar-refractivity contribution is 0.200. The fourth-order valence-electron chi connectivity index (χ4n) is 2.20. The minimum atomic E-state index is -0.626. The third-order valence-electron chi connectivity index (χ3n) is 3.16. The maximum Gasteiger partial charge on any atom is 0.321 e. The predicted molar refractivity (Wildman–Crippen MR) is 89.3 cm³/mol. The Balaban J connectivity index is 2.01. The molecular formula is C14H21FN2O2P2. The second-order valence-electron chi connectivity index (χ2n) is 5.41. The van der Waals surface area contributed by atoms with Crippen LogP contribution in [0.3, 0.4) is 0 Å². The highest BCUT2D eigenvalue weighted by Crippen LogP contribution is 2.32. The zero-order valence-electron chi connectivity index (χ0n) is 12.1. The van der Waals surface area contributed by atoms with Crippen LogP contribution < -0.4 is 10.1 Å².